The Morgan fingerprint density at radius 3 is 2.70 bits per heavy atom. The molecule has 20 heavy (non-hydrogen) atoms. The van der Waals surface area contributed by atoms with Crippen LogP contribution in [0.15, 0.2) is 34.2 Å². The second-order valence-corrected chi connectivity index (χ2v) is 4.56. The van der Waals surface area contributed by atoms with Crippen LogP contribution < -0.4 is 10.4 Å². The highest BCUT2D eigenvalue weighted by atomic mass is 32.2. The third-order valence-electron chi connectivity index (χ3n) is 2.47. The molecule has 8 nitrogen and oxygen atoms in total. The molecule has 1 heterocycles. The molecule has 0 atom stereocenters. The van der Waals surface area contributed by atoms with Crippen molar-refractivity contribution in [3.8, 4) is 5.75 Å². The highest BCUT2D eigenvalue weighted by Crippen LogP contribution is 2.17. The standard InChI is InChI=1S/C11H12N4O4S/c1-20-10-12-11(16)14(13-10)6-7-19-9-4-2-8(3-5-9)15(17)18/h2-5H,6-7H2,1H3,(H,12,13,16). The van der Waals surface area contributed by atoms with Gasteiger partial charge in [-0.1, -0.05) is 11.8 Å². The van der Waals surface area contributed by atoms with E-state index in [-0.39, 0.29) is 18.0 Å². The van der Waals surface area contributed by atoms with Gasteiger partial charge in [0.25, 0.3) is 5.69 Å². The van der Waals surface area contributed by atoms with Gasteiger partial charge in [-0.3, -0.25) is 15.1 Å². The molecule has 0 saturated heterocycles. The van der Waals surface area contributed by atoms with E-state index in [2.05, 4.69) is 10.1 Å². The van der Waals surface area contributed by atoms with Crippen molar-refractivity contribution in [3.63, 3.8) is 0 Å². The van der Waals surface area contributed by atoms with E-state index in [1.807, 2.05) is 6.26 Å². The van der Waals surface area contributed by atoms with Gasteiger partial charge in [0.05, 0.1) is 11.5 Å². The number of aromatic amines is 1. The predicted molar refractivity (Wildman–Crippen MR) is 73.2 cm³/mol. The first-order chi connectivity index (χ1) is 9.60. The fourth-order valence-corrected chi connectivity index (χ4v) is 1.86. The number of thioether (sulfide) groups is 1. The van der Waals surface area contributed by atoms with E-state index in [9.17, 15) is 14.9 Å². The van der Waals surface area contributed by atoms with Crippen LogP contribution in [0.5, 0.6) is 5.75 Å². The first kappa shape index (κ1) is 14.1. The van der Waals surface area contributed by atoms with Crippen LogP contribution in [0.25, 0.3) is 0 Å². The van der Waals surface area contributed by atoms with Gasteiger partial charge in [-0.15, -0.1) is 5.10 Å². The topological polar surface area (TPSA) is 103 Å². The third kappa shape index (κ3) is 3.38. The lowest BCUT2D eigenvalue weighted by atomic mass is 10.3. The summed E-state index contributed by atoms with van der Waals surface area (Å²) in [7, 11) is 0. The van der Waals surface area contributed by atoms with Gasteiger partial charge in [0, 0.05) is 12.1 Å². The number of hydrogen-bond donors (Lipinski definition) is 1. The van der Waals surface area contributed by atoms with Crippen LogP contribution in [0.1, 0.15) is 0 Å². The van der Waals surface area contributed by atoms with Gasteiger partial charge < -0.3 is 4.74 Å². The number of benzene rings is 1. The number of rotatable bonds is 6. The maximum atomic E-state index is 11.5. The number of aromatic nitrogens is 3. The number of nitrogens with zero attached hydrogens (tertiary/aromatic N) is 3. The fraction of sp³-hybridized carbons (Fsp3) is 0.273. The minimum Gasteiger partial charge on any atom is -0.492 e. The Hall–Kier alpha value is -2.29. The van der Waals surface area contributed by atoms with Gasteiger partial charge in [0.15, 0.2) is 5.16 Å². The third-order valence-corrected chi connectivity index (χ3v) is 3.04. The van der Waals surface area contributed by atoms with E-state index >= 15 is 0 Å². The van der Waals surface area contributed by atoms with Crippen molar-refractivity contribution >= 4 is 17.4 Å². The summed E-state index contributed by atoms with van der Waals surface area (Å²) in [5, 5.41) is 15.1. The molecular weight excluding hydrogens is 284 g/mol. The molecule has 0 unspecified atom stereocenters. The molecule has 0 spiro atoms. The summed E-state index contributed by atoms with van der Waals surface area (Å²) < 4.78 is 6.67. The Labute approximate surface area is 117 Å². The van der Waals surface area contributed by atoms with Crippen molar-refractivity contribution < 1.29 is 9.66 Å². The molecule has 0 radical (unpaired) electrons. The van der Waals surface area contributed by atoms with E-state index in [1.54, 1.807) is 0 Å². The Bertz CT molecular complexity index is 649. The van der Waals surface area contributed by atoms with Crippen LogP contribution >= 0.6 is 11.8 Å². The summed E-state index contributed by atoms with van der Waals surface area (Å²) in [6.07, 6.45) is 1.82. The van der Waals surface area contributed by atoms with Crippen LogP contribution in [0.4, 0.5) is 5.69 Å². The van der Waals surface area contributed by atoms with E-state index in [1.165, 1.54) is 40.7 Å². The van der Waals surface area contributed by atoms with Crippen LogP contribution in [-0.2, 0) is 6.54 Å². The number of hydrogen-bond acceptors (Lipinski definition) is 6. The Kier molecular flexibility index (Phi) is 4.41. The van der Waals surface area contributed by atoms with E-state index in [0.29, 0.717) is 17.5 Å². The second kappa shape index (κ2) is 6.24. The summed E-state index contributed by atoms with van der Waals surface area (Å²) in [6, 6.07) is 5.75. The highest BCUT2D eigenvalue weighted by Gasteiger charge is 2.06. The number of H-pyrrole nitrogens is 1. The largest absolute Gasteiger partial charge is 0.492 e. The molecule has 0 bridgehead atoms. The van der Waals surface area contributed by atoms with Crippen molar-refractivity contribution in [2.45, 2.75) is 11.7 Å². The molecule has 0 fully saturated rings. The van der Waals surface area contributed by atoms with Gasteiger partial charge >= 0.3 is 5.69 Å². The first-order valence-corrected chi connectivity index (χ1v) is 6.91. The van der Waals surface area contributed by atoms with E-state index in [4.69, 9.17) is 4.74 Å². The predicted octanol–water partition coefficient (Wildman–Crippen LogP) is 1.28. The lowest BCUT2D eigenvalue weighted by molar-refractivity contribution is -0.384. The van der Waals surface area contributed by atoms with Gasteiger partial charge in [-0.2, -0.15) is 0 Å². The van der Waals surface area contributed by atoms with Crippen molar-refractivity contribution in [2.24, 2.45) is 0 Å². The normalized spacial score (nSPS) is 10.4. The Balaban J connectivity index is 1.90. The first-order valence-electron chi connectivity index (χ1n) is 5.68. The Morgan fingerprint density at radius 1 is 1.45 bits per heavy atom. The molecule has 0 saturated carbocycles. The van der Waals surface area contributed by atoms with E-state index < -0.39 is 4.92 Å². The lowest BCUT2D eigenvalue weighted by Gasteiger charge is -2.05. The number of nitrogens with one attached hydrogen (secondary N) is 1. The SMILES string of the molecule is CSc1nn(CCOc2ccc([N+](=O)[O-])cc2)c(=O)[nH]1. The van der Waals surface area contributed by atoms with Gasteiger partial charge in [0.2, 0.25) is 0 Å². The highest BCUT2D eigenvalue weighted by molar-refractivity contribution is 7.98. The molecule has 0 aliphatic rings. The van der Waals surface area contributed by atoms with Gasteiger partial charge in [-0.05, 0) is 18.4 Å². The van der Waals surface area contributed by atoms with Crippen LogP contribution in [-0.4, -0.2) is 32.6 Å². The smallest absolute Gasteiger partial charge is 0.344 e. The molecular formula is C11H12N4O4S. The van der Waals surface area contributed by atoms with Crippen molar-refractivity contribution in [3.05, 3.63) is 44.9 Å². The Morgan fingerprint density at radius 2 is 2.15 bits per heavy atom. The van der Waals surface area contributed by atoms with Gasteiger partial charge in [-0.25, -0.2) is 9.48 Å². The van der Waals surface area contributed by atoms with Crippen LogP contribution in [0.2, 0.25) is 0 Å². The quantitative estimate of drug-likeness (QED) is 0.489. The molecule has 9 heteroatoms. The van der Waals surface area contributed by atoms with Crippen molar-refractivity contribution in [1.29, 1.82) is 0 Å². The molecule has 2 rings (SSSR count). The molecule has 1 aromatic heterocycles. The second-order valence-electron chi connectivity index (χ2n) is 3.76. The number of nitro groups is 1. The maximum absolute atomic E-state index is 11.5. The molecule has 0 aliphatic carbocycles. The summed E-state index contributed by atoms with van der Waals surface area (Å²) in [4.78, 5) is 24.1. The lowest BCUT2D eigenvalue weighted by Crippen LogP contribution is -2.21. The average molecular weight is 296 g/mol. The van der Waals surface area contributed by atoms with E-state index in [0.717, 1.165) is 0 Å². The van der Waals surface area contributed by atoms with Gasteiger partial charge in [0.1, 0.15) is 12.4 Å². The summed E-state index contributed by atoms with van der Waals surface area (Å²) in [5.74, 6) is 0.504. The van der Waals surface area contributed by atoms with Crippen molar-refractivity contribution in [1.82, 2.24) is 14.8 Å². The monoisotopic (exact) mass is 296 g/mol. The molecule has 2 aromatic rings. The molecule has 106 valence electrons. The molecule has 0 amide bonds. The summed E-state index contributed by atoms with van der Waals surface area (Å²) in [5.41, 5.74) is -0.285. The average Bonchev–Trinajstić information content (AvgIpc) is 2.80. The zero-order valence-electron chi connectivity index (χ0n) is 10.6. The number of non-ortho nitro benzene ring substituents is 1. The number of ether oxygens (including phenoxy) is 1. The molecule has 1 aromatic carbocycles. The van der Waals surface area contributed by atoms with Crippen molar-refractivity contribution in [2.75, 3.05) is 12.9 Å². The minimum absolute atomic E-state index is 0.00508. The maximum Gasteiger partial charge on any atom is 0.344 e. The summed E-state index contributed by atoms with van der Waals surface area (Å²) >= 11 is 1.35. The zero-order chi connectivity index (χ0) is 14.5. The minimum atomic E-state index is -0.475. The summed E-state index contributed by atoms with van der Waals surface area (Å²) in [6.45, 7) is 0.545. The molecule has 1 N–H and O–H groups in total. The fourth-order valence-electron chi connectivity index (χ4n) is 1.49. The van der Waals surface area contributed by atoms with Crippen LogP contribution in [0, 0.1) is 10.1 Å². The molecule has 0 aliphatic heterocycles. The number of nitro benzene ring substituents is 1. The van der Waals surface area contributed by atoms with Crippen LogP contribution in [0.3, 0.4) is 0 Å². The zero-order valence-corrected chi connectivity index (χ0v) is 11.4.